The maximum absolute atomic E-state index is 12.0. The van der Waals surface area contributed by atoms with E-state index in [9.17, 15) is 9.59 Å². The second kappa shape index (κ2) is 2.88. The van der Waals surface area contributed by atoms with E-state index in [0.717, 1.165) is 0 Å². The molecule has 0 atom stereocenters. The largest absolute Gasteiger partial charge is 0.285 e. The van der Waals surface area contributed by atoms with E-state index in [0.29, 0.717) is 16.8 Å². The fourth-order valence-electron chi connectivity index (χ4n) is 1.93. The number of imidazole rings is 1. The van der Waals surface area contributed by atoms with Gasteiger partial charge in [0, 0.05) is 11.8 Å². The van der Waals surface area contributed by atoms with Gasteiger partial charge >= 0.3 is 0 Å². The van der Waals surface area contributed by atoms with E-state index in [1.54, 1.807) is 37.4 Å². The van der Waals surface area contributed by atoms with Crippen molar-refractivity contribution in [3.05, 3.63) is 53.1 Å². The zero-order valence-electron chi connectivity index (χ0n) is 8.60. The predicted molar refractivity (Wildman–Crippen MR) is 56.6 cm³/mol. The normalized spacial score (nSPS) is 13.6. The molecule has 2 heterocycles. The highest BCUT2D eigenvalue weighted by Crippen LogP contribution is 2.21. The third-order valence-electron chi connectivity index (χ3n) is 2.65. The van der Waals surface area contributed by atoms with E-state index in [1.165, 1.54) is 4.57 Å². The fraction of sp³-hybridized carbons (Fsp3) is 0.0833. The number of rotatable bonds is 0. The number of carbonyl (C=O) groups excluding carboxylic acids is 2. The van der Waals surface area contributed by atoms with Crippen molar-refractivity contribution in [3.63, 3.8) is 0 Å². The first-order valence-corrected chi connectivity index (χ1v) is 4.93. The summed E-state index contributed by atoms with van der Waals surface area (Å²) < 4.78 is 1.32. The maximum atomic E-state index is 12.0. The predicted octanol–water partition coefficient (Wildman–Crippen LogP) is 1.42. The van der Waals surface area contributed by atoms with Gasteiger partial charge in [0.15, 0.2) is 5.82 Å². The third kappa shape index (κ3) is 1.01. The maximum Gasteiger partial charge on any atom is 0.264 e. The molecule has 0 fully saturated rings. The van der Waals surface area contributed by atoms with Crippen molar-refractivity contribution >= 4 is 11.7 Å². The molecule has 0 radical (unpaired) electrons. The quantitative estimate of drug-likeness (QED) is 0.566. The first-order valence-electron chi connectivity index (χ1n) is 4.93. The minimum absolute atomic E-state index is 0.189. The summed E-state index contributed by atoms with van der Waals surface area (Å²) in [5.41, 5.74) is 1.55. The summed E-state index contributed by atoms with van der Waals surface area (Å²) in [6, 6.07) is 6.81. The Kier molecular flexibility index (Phi) is 1.63. The molecular formula is C12H8N2O2. The van der Waals surface area contributed by atoms with Crippen LogP contribution in [0.15, 0.2) is 30.5 Å². The zero-order chi connectivity index (χ0) is 11.3. The molecule has 1 aliphatic heterocycles. The topological polar surface area (TPSA) is 52.0 Å². The average molecular weight is 212 g/mol. The van der Waals surface area contributed by atoms with Gasteiger partial charge in [0.25, 0.3) is 5.91 Å². The Labute approximate surface area is 91.5 Å². The van der Waals surface area contributed by atoms with Crippen LogP contribution in [-0.4, -0.2) is 21.2 Å². The molecule has 0 unspecified atom stereocenters. The molecule has 0 N–H and O–H groups in total. The fourth-order valence-corrected chi connectivity index (χ4v) is 1.93. The summed E-state index contributed by atoms with van der Waals surface area (Å²) in [6.07, 6.45) is 1.59. The number of carbonyl (C=O) groups is 2. The third-order valence-corrected chi connectivity index (χ3v) is 2.65. The number of hydrogen-bond donors (Lipinski definition) is 0. The van der Waals surface area contributed by atoms with Gasteiger partial charge in [-0.25, -0.2) is 4.98 Å². The molecule has 1 aromatic carbocycles. The number of hydrogen-bond acceptors (Lipinski definition) is 3. The van der Waals surface area contributed by atoms with Gasteiger partial charge in [0.05, 0.1) is 11.3 Å². The molecule has 4 heteroatoms. The van der Waals surface area contributed by atoms with Crippen LogP contribution in [0.25, 0.3) is 0 Å². The van der Waals surface area contributed by atoms with Crippen molar-refractivity contribution in [1.82, 2.24) is 9.55 Å². The Morgan fingerprint density at radius 2 is 1.81 bits per heavy atom. The number of ketones is 1. The molecule has 0 saturated carbocycles. The molecule has 78 valence electrons. The average Bonchev–Trinajstić information content (AvgIpc) is 2.68. The molecular weight excluding hydrogens is 204 g/mol. The standard InChI is InChI=1S/C12H8N2O2/c1-7-6-14-11(13-7)10(15)8-4-2-3-5-9(8)12(14)16/h2-6H,1H3. The lowest BCUT2D eigenvalue weighted by Crippen LogP contribution is -2.26. The molecule has 0 saturated heterocycles. The van der Waals surface area contributed by atoms with Gasteiger partial charge in [-0.3, -0.25) is 14.2 Å². The van der Waals surface area contributed by atoms with Crippen molar-refractivity contribution in [2.75, 3.05) is 0 Å². The highest BCUT2D eigenvalue weighted by atomic mass is 16.2. The Bertz CT molecular complexity index is 573. The molecule has 0 bridgehead atoms. The van der Waals surface area contributed by atoms with Gasteiger partial charge < -0.3 is 0 Å². The molecule has 0 aliphatic carbocycles. The molecule has 0 amide bonds. The molecule has 0 spiro atoms. The Hall–Kier alpha value is -2.23. The minimum Gasteiger partial charge on any atom is -0.285 e. The number of nitrogens with zero attached hydrogens (tertiary/aromatic N) is 2. The van der Waals surface area contributed by atoms with Crippen LogP contribution in [0.5, 0.6) is 0 Å². The van der Waals surface area contributed by atoms with Crippen LogP contribution >= 0.6 is 0 Å². The van der Waals surface area contributed by atoms with Crippen LogP contribution in [0.1, 0.15) is 32.2 Å². The smallest absolute Gasteiger partial charge is 0.264 e. The van der Waals surface area contributed by atoms with E-state index in [2.05, 4.69) is 4.98 Å². The number of aromatic nitrogens is 2. The van der Waals surface area contributed by atoms with Gasteiger partial charge in [-0.1, -0.05) is 18.2 Å². The van der Waals surface area contributed by atoms with Crippen molar-refractivity contribution in [3.8, 4) is 0 Å². The lowest BCUT2D eigenvalue weighted by molar-refractivity contribution is 0.0907. The lowest BCUT2D eigenvalue weighted by atomic mass is 9.99. The summed E-state index contributed by atoms with van der Waals surface area (Å²) in [5, 5.41) is 0. The molecule has 4 nitrogen and oxygen atoms in total. The summed E-state index contributed by atoms with van der Waals surface area (Å²) in [7, 11) is 0. The van der Waals surface area contributed by atoms with E-state index >= 15 is 0 Å². The summed E-state index contributed by atoms with van der Waals surface area (Å²) in [6.45, 7) is 1.76. The van der Waals surface area contributed by atoms with Gasteiger partial charge in [-0.15, -0.1) is 0 Å². The Morgan fingerprint density at radius 3 is 2.56 bits per heavy atom. The van der Waals surface area contributed by atoms with E-state index in [1.807, 2.05) is 0 Å². The van der Waals surface area contributed by atoms with Crippen LogP contribution in [0.2, 0.25) is 0 Å². The van der Waals surface area contributed by atoms with E-state index in [4.69, 9.17) is 0 Å². The number of fused-ring (bicyclic) bond motifs is 2. The van der Waals surface area contributed by atoms with Gasteiger partial charge in [0.1, 0.15) is 0 Å². The lowest BCUT2D eigenvalue weighted by Gasteiger charge is -2.14. The Balaban J connectivity index is 2.34. The van der Waals surface area contributed by atoms with Crippen molar-refractivity contribution in [2.45, 2.75) is 6.92 Å². The van der Waals surface area contributed by atoms with Crippen LogP contribution in [0.4, 0.5) is 0 Å². The van der Waals surface area contributed by atoms with Crippen LogP contribution in [0, 0.1) is 6.92 Å². The van der Waals surface area contributed by atoms with Gasteiger partial charge in [-0.05, 0) is 13.0 Å². The summed E-state index contributed by atoms with van der Waals surface area (Å²) >= 11 is 0. The van der Waals surface area contributed by atoms with E-state index in [-0.39, 0.29) is 17.5 Å². The minimum atomic E-state index is -0.191. The molecule has 1 aromatic heterocycles. The molecule has 3 rings (SSSR count). The highest BCUT2D eigenvalue weighted by molar-refractivity contribution is 6.19. The first kappa shape index (κ1) is 9.03. The van der Waals surface area contributed by atoms with Crippen molar-refractivity contribution in [1.29, 1.82) is 0 Å². The first-order chi connectivity index (χ1) is 7.68. The monoisotopic (exact) mass is 212 g/mol. The molecule has 16 heavy (non-hydrogen) atoms. The van der Waals surface area contributed by atoms with Crippen LogP contribution in [-0.2, 0) is 0 Å². The van der Waals surface area contributed by atoms with Gasteiger partial charge in [-0.2, -0.15) is 0 Å². The van der Waals surface area contributed by atoms with E-state index < -0.39 is 0 Å². The summed E-state index contributed by atoms with van der Waals surface area (Å²) in [4.78, 5) is 28.1. The zero-order valence-corrected chi connectivity index (χ0v) is 8.60. The molecule has 1 aliphatic rings. The van der Waals surface area contributed by atoms with Crippen LogP contribution < -0.4 is 0 Å². The second-order valence-electron chi connectivity index (χ2n) is 3.76. The van der Waals surface area contributed by atoms with Gasteiger partial charge in [0.2, 0.25) is 5.78 Å². The Morgan fingerprint density at radius 1 is 1.12 bits per heavy atom. The second-order valence-corrected chi connectivity index (χ2v) is 3.76. The van der Waals surface area contributed by atoms with Crippen molar-refractivity contribution in [2.24, 2.45) is 0 Å². The summed E-state index contributed by atoms with van der Waals surface area (Å²) in [5.74, 6) is -0.171. The molecule has 2 aromatic rings. The highest BCUT2D eigenvalue weighted by Gasteiger charge is 2.30. The SMILES string of the molecule is Cc1cn2c(n1)C(=O)c1ccccc1C2=O. The van der Waals surface area contributed by atoms with Crippen molar-refractivity contribution < 1.29 is 9.59 Å². The van der Waals surface area contributed by atoms with Crippen LogP contribution in [0.3, 0.4) is 0 Å². The number of benzene rings is 1. The number of aryl methyl sites for hydroxylation is 1.